The van der Waals surface area contributed by atoms with E-state index < -0.39 is 0 Å². The molecule has 1 aromatic heterocycles. The Balaban J connectivity index is 1.67. The summed E-state index contributed by atoms with van der Waals surface area (Å²) in [5, 5.41) is 3.14. The van der Waals surface area contributed by atoms with Crippen molar-refractivity contribution in [2.45, 2.75) is 26.2 Å². The van der Waals surface area contributed by atoms with Gasteiger partial charge in [0, 0.05) is 21.0 Å². The maximum atomic E-state index is 5.76. The van der Waals surface area contributed by atoms with Crippen molar-refractivity contribution in [2.75, 3.05) is 6.61 Å². The molecule has 3 rings (SSSR count). The van der Waals surface area contributed by atoms with Crippen LogP contribution < -0.4 is 4.74 Å². The maximum Gasteiger partial charge on any atom is 0.124 e. The lowest BCUT2D eigenvalue weighted by molar-refractivity contribution is 0.306. The minimum Gasteiger partial charge on any atom is -0.494 e. The minimum atomic E-state index is 0.790. The monoisotopic (exact) mass is 401 g/mol. The largest absolute Gasteiger partial charge is 0.494 e. The van der Waals surface area contributed by atoms with Gasteiger partial charge in [-0.15, -0.1) is 11.3 Å². The number of thiazole rings is 1. The number of nitrogens with zero attached hydrogens (tertiary/aromatic N) is 1. The molecule has 0 atom stereocenters. The van der Waals surface area contributed by atoms with Crippen LogP contribution in [-0.2, 0) is 0 Å². The third kappa shape index (κ3) is 4.46. The SMILES string of the molecule is CCCCCOc1ccc(-c2nc(-c3ccc(Br)cc3)cs2)cc1. The number of benzene rings is 2. The van der Waals surface area contributed by atoms with Gasteiger partial charge in [-0.2, -0.15) is 0 Å². The fraction of sp³-hybridized carbons (Fsp3) is 0.250. The number of rotatable bonds is 7. The molecule has 3 aromatic rings. The fourth-order valence-electron chi connectivity index (χ4n) is 2.40. The lowest BCUT2D eigenvalue weighted by Gasteiger charge is -2.06. The predicted octanol–water partition coefficient (Wildman–Crippen LogP) is 6.81. The van der Waals surface area contributed by atoms with Crippen molar-refractivity contribution >= 4 is 27.3 Å². The summed E-state index contributed by atoms with van der Waals surface area (Å²) in [4.78, 5) is 4.76. The topological polar surface area (TPSA) is 22.1 Å². The summed E-state index contributed by atoms with van der Waals surface area (Å²) in [6.07, 6.45) is 3.55. The summed E-state index contributed by atoms with van der Waals surface area (Å²) < 4.78 is 6.84. The van der Waals surface area contributed by atoms with Gasteiger partial charge in [0.05, 0.1) is 12.3 Å². The lowest BCUT2D eigenvalue weighted by Crippen LogP contribution is -1.96. The van der Waals surface area contributed by atoms with Crippen LogP contribution in [0.25, 0.3) is 21.8 Å². The minimum absolute atomic E-state index is 0.790. The Labute approximate surface area is 155 Å². The van der Waals surface area contributed by atoms with E-state index in [1.807, 2.05) is 24.3 Å². The van der Waals surface area contributed by atoms with Crippen molar-refractivity contribution in [1.82, 2.24) is 4.98 Å². The van der Waals surface area contributed by atoms with Crippen molar-refractivity contribution in [3.05, 3.63) is 58.4 Å². The smallest absolute Gasteiger partial charge is 0.124 e. The molecule has 0 spiro atoms. The van der Waals surface area contributed by atoms with Crippen molar-refractivity contribution in [3.63, 3.8) is 0 Å². The highest BCUT2D eigenvalue weighted by molar-refractivity contribution is 9.10. The van der Waals surface area contributed by atoms with Crippen molar-refractivity contribution in [2.24, 2.45) is 0 Å². The molecule has 2 aromatic carbocycles. The first-order chi connectivity index (χ1) is 11.8. The molecule has 0 fully saturated rings. The van der Waals surface area contributed by atoms with Crippen molar-refractivity contribution < 1.29 is 4.74 Å². The van der Waals surface area contributed by atoms with E-state index in [1.165, 1.54) is 12.8 Å². The molecular weight excluding hydrogens is 382 g/mol. The van der Waals surface area contributed by atoms with Gasteiger partial charge in [0.15, 0.2) is 0 Å². The van der Waals surface area contributed by atoms with Crippen LogP contribution in [0.3, 0.4) is 0 Å². The third-order valence-corrected chi connectivity index (χ3v) is 5.18. The van der Waals surface area contributed by atoms with Gasteiger partial charge in [-0.3, -0.25) is 0 Å². The molecule has 2 nitrogen and oxygen atoms in total. The van der Waals surface area contributed by atoms with Gasteiger partial charge in [0.2, 0.25) is 0 Å². The Morgan fingerprint density at radius 1 is 0.958 bits per heavy atom. The summed E-state index contributed by atoms with van der Waals surface area (Å²) >= 11 is 5.13. The van der Waals surface area contributed by atoms with Crippen LogP contribution in [0.2, 0.25) is 0 Å². The molecule has 1 heterocycles. The van der Waals surface area contributed by atoms with E-state index in [0.29, 0.717) is 0 Å². The Bertz CT molecular complexity index is 765. The highest BCUT2D eigenvalue weighted by Crippen LogP contribution is 2.30. The van der Waals surface area contributed by atoms with E-state index >= 15 is 0 Å². The fourth-order valence-corrected chi connectivity index (χ4v) is 3.49. The first kappa shape index (κ1) is 17.2. The van der Waals surface area contributed by atoms with Gasteiger partial charge in [0.25, 0.3) is 0 Å². The van der Waals surface area contributed by atoms with E-state index in [2.05, 4.69) is 52.5 Å². The zero-order valence-corrected chi connectivity index (χ0v) is 16.1. The van der Waals surface area contributed by atoms with Gasteiger partial charge in [-0.1, -0.05) is 47.8 Å². The molecule has 24 heavy (non-hydrogen) atoms. The summed E-state index contributed by atoms with van der Waals surface area (Å²) in [6.45, 7) is 2.99. The average molecular weight is 402 g/mol. The summed E-state index contributed by atoms with van der Waals surface area (Å²) in [5.74, 6) is 0.930. The molecule has 0 radical (unpaired) electrons. The number of hydrogen-bond acceptors (Lipinski definition) is 3. The van der Waals surface area contributed by atoms with Crippen LogP contribution in [0.15, 0.2) is 58.4 Å². The van der Waals surface area contributed by atoms with E-state index in [1.54, 1.807) is 11.3 Å². The van der Waals surface area contributed by atoms with Crippen LogP contribution in [-0.4, -0.2) is 11.6 Å². The van der Waals surface area contributed by atoms with Crippen molar-refractivity contribution in [1.29, 1.82) is 0 Å². The summed E-state index contributed by atoms with van der Waals surface area (Å²) in [5.41, 5.74) is 3.28. The van der Waals surface area contributed by atoms with E-state index in [-0.39, 0.29) is 0 Å². The molecule has 4 heteroatoms. The normalized spacial score (nSPS) is 10.8. The lowest BCUT2D eigenvalue weighted by atomic mass is 10.2. The standard InChI is InChI=1S/C20H20BrNOS/c1-2-3-4-13-23-18-11-7-16(8-12-18)20-22-19(14-24-20)15-5-9-17(21)10-6-15/h5-12,14H,2-4,13H2,1H3. The van der Waals surface area contributed by atoms with Crippen LogP contribution in [0, 0.1) is 0 Å². The van der Waals surface area contributed by atoms with Gasteiger partial charge < -0.3 is 4.74 Å². The second-order valence-electron chi connectivity index (χ2n) is 5.62. The molecule has 0 aliphatic carbocycles. The van der Waals surface area contributed by atoms with Crippen molar-refractivity contribution in [3.8, 4) is 27.6 Å². The molecule has 124 valence electrons. The summed E-state index contributed by atoms with van der Waals surface area (Å²) in [7, 11) is 0. The number of aromatic nitrogens is 1. The van der Waals surface area contributed by atoms with E-state index in [9.17, 15) is 0 Å². The molecular formula is C20H20BrNOS. The van der Waals surface area contributed by atoms with E-state index in [0.717, 1.165) is 45.1 Å². The van der Waals surface area contributed by atoms with Crippen LogP contribution >= 0.6 is 27.3 Å². The third-order valence-electron chi connectivity index (χ3n) is 3.76. The first-order valence-corrected chi connectivity index (χ1v) is 9.88. The predicted molar refractivity (Wildman–Crippen MR) is 106 cm³/mol. The van der Waals surface area contributed by atoms with Gasteiger partial charge in [-0.05, 0) is 42.8 Å². The van der Waals surface area contributed by atoms with Crippen LogP contribution in [0.5, 0.6) is 5.75 Å². The van der Waals surface area contributed by atoms with Gasteiger partial charge >= 0.3 is 0 Å². The second-order valence-corrected chi connectivity index (χ2v) is 7.40. The molecule has 0 bridgehead atoms. The van der Waals surface area contributed by atoms with Gasteiger partial charge in [-0.25, -0.2) is 4.98 Å². The zero-order valence-electron chi connectivity index (χ0n) is 13.7. The average Bonchev–Trinajstić information content (AvgIpc) is 3.10. The number of ether oxygens (including phenoxy) is 1. The molecule has 0 aliphatic heterocycles. The zero-order chi connectivity index (χ0) is 16.8. The molecule has 0 aliphatic rings. The second kappa shape index (κ2) is 8.45. The summed E-state index contributed by atoms with van der Waals surface area (Å²) in [6, 6.07) is 16.5. The Morgan fingerprint density at radius 2 is 1.67 bits per heavy atom. The highest BCUT2D eigenvalue weighted by Gasteiger charge is 2.07. The number of unbranched alkanes of at least 4 members (excludes halogenated alkanes) is 2. The van der Waals surface area contributed by atoms with E-state index in [4.69, 9.17) is 9.72 Å². The number of hydrogen-bond donors (Lipinski definition) is 0. The van der Waals surface area contributed by atoms with Crippen LogP contribution in [0.4, 0.5) is 0 Å². The Morgan fingerprint density at radius 3 is 2.38 bits per heavy atom. The van der Waals surface area contributed by atoms with Gasteiger partial charge in [0.1, 0.15) is 10.8 Å². The molecule has 0 amide bonds. The number of halogens is 1. The molecule has 0 N–H and O–H groups in total. The maximum absolute atomic E-state index is 5.76. The Kier molecular flexibility index (Phi) is 6.05. The molecule has 0 saturated carbocycles. The Hall–Kier alpha value is -1.65. The molecule has 0 saturated heterocycles. The quantitative estimate of drug-likeness (QED) is 0.405. The molecule has 0 unspecified atom stereocenters. The highest BCUT2D eigenvalue weighted by atomic mass is 79.9. The first-order valence-electron chi connectivity index (χ1n) is 8.21. The van der Waals surface area contributed by atoms with Crippen LogP contribution in [0.1, 0.15) is 26.2 Å².